The van der Waals surface area contributed by atoms with Crippen LogP contribution in [0.4, 0.5) is 0 Å². The number of Topliss-reactive ketones (excluding diaryl/α,β-unsaturated/α-hetero) is 1. The van der Waals surface area contributed by atoms with Crippen LogP contribution in [0.25, 0.3) is 0 Å². The lowest BCUT2D eigenvalue weighted by atomic mass is 9.92. The van der Waals surface area contributed by atoms with Crippen molar-refractivity contribution in [3.05, 3.63) is 0 Å². The Bertz CT molecular complexity index is 121. The van der Waals surface area contributed by atoms with E-state index in [1.165, 1.54) is 0 Å². The maximum Gasteiger partial charge on any atom is 0.138 e. The van der Waals surface area contributed by atoms with Gasteiger partial charge in [-0.3, -0.25) is 4.79 Å². The molecule has 0 aromatic rings. The van der Waals surface area contributed by atoms with E-state index in [1.807, 2.05) is 20.8 Å². The molecule has 0 saturated heterocycles. The van der Waals surface area contributed by atoms with Crippen LogP contribution >= 0.6 is 0 Å². The highest BCUT2D eigenvalue weighted by Gasteiger charge is 2.21. The van der Waals surface area contributed by atoms with E-state index in [9.17, 15) is 9.90 Å². The van der Waals surface area contributed by atoms with E-state index < -0.39 is 6.10 Å². The maximum atomic E-state index is 11.2. The van der Waals surface area contributed by atoms with Crippen molar-refractivity contribution in [2.24, 2.45) is 5.92 Å². The van der Waals surface area contributed by atoms with Crippen molar-refractivity contribution in [1.82, 2.24) is 0 Å². The van der Waals surface area contributed by atoms with Crippen LogP contribution in [0.5, 0.6) is 0 Å². The summed E-state index contributed by atoms with van der Waals surface area (Å²) in [4.78, 5) is 11.2. The van der Waals surface area contributed by atoms with Crippen LogP contribution in [0, 0.1) is 5.92 Å². The van der Waals surface area contributed by atoms with Gasteiger partial charge < -0.3 is 5.11 Å². The van der Waals surface area contributed by atoms with Gasteiger partial charge in [0.25, 0.3) is 0 Å². The van der Waals surface area contributed by atoms with Gasteiger partial charge in [0.2, 0.25) is 0 Å². The number of carbonyl (C=O) groups excluding carboxylic acids is 1. The van der Waals surface area contributed by atoms with Gasteiger partial charge in [-0.2, -0.15) is 0 Å². The van der Waals surface area contributed by atoms with Gasteiger partial charge in [0.1, 0.15) is 5.78 Å². The normalized spacial score (nSPS) is 16.0. The molecule has 2 heteroatoms. The number of hydrogen-bond acceptors (Lipinski definition) is 2. The summed E-state index contributed by atoms with van der Waals surface area (Å²) in [7, 11) is 0. The second kappa shape index (κ2) is 5.30. The van der Waals surface area contributed by atoms with Gasteiger partial charge in [0, 0.05) is 12.3 Å². The first-order valence-electron chi connectivity index (χ1n) is 4.38. The van der Waals surface area contributed by atoms with E-state index in [1.54, 1.807) is 0 Å². The molecule has 0 aromatic carbocycles. The molecule has 0 saturated carbocycles. The second-order valence-electron chi connectivity index (χ2n) is 2.81. The zero-order valence-electron chi connectivity index (χ0n) is 7.63. The molecule has 2 unspecified atom stereocenters. The van der Waals surface area contributed by atoms with E-state index in [2.05, 4.69) is 0 Å². The Morgan fingerprint density at radius 3 is 2.09 bits per heavy atom. The van der Waals surface area contributed by atoms with E-state index in [0.29, 0.717) is 12.8 Å². The van der Waals surface area contributed by atoms with E-state index in [0.717, 1.165) is 6.42 Å². The lowest BCUT2D eigenvalue weighted by molar-refractivity contribution is -0.126. The van der Waals surface area contributed by atoms with Crippen LogP contribution in [-0.2, 0) is 4.79 Å². The second-order valence-corrected chi connectivity index (χ2v) is 2.81. The third-order valence-corrected chi connectivity index (χ3v) is 2.08. The molecule has 1 N–H and O–H groups in total. The SMILES string of the molecule is CCC(=O)C(CC)C(O)CC. The molecule has 0 radical (unpaired) electrons. The number of aliphatic hydroxyl groups excluding tert-OH is 1. The summed E-state index contributed by atoms with van der Waals surface area (Å²) in [6.45, 7) is 5.68. The van der Waals surface area contributed by atoms with Crippen LogP contribution < -0.4 is 0 Å². The Morgan fingerprint density at radius 2 is 1.82 bits per heavy atom. The van der Waals surface area contributed by atoms with Gasteiger partial charge in [-0.05, 0) is 12.8 Å². The zero-order chi connectivity index (χ0) is 8.85. The highest BCUT2D eigenvalue weighted by molar-refractivity contribution is 5.81. The largest absolute Gasteiger partial charge is 0.392 e. The van der Waals surface area contributed by atoms with E-state index >= 15 is 0 Å². The monoisotopic (exact) mass is 158 g/mol. The summed E-state index contributed by atoms with van der Waals surface area (Å²) in [5.74, 6) is 0.0480. The molecule has 0 aliphatic carbocycles. The predicted octanol–water partition coefficient (Wildman–Crippen LogP) is 1.76. The van der Waals surface area contributed by atoms with Crippen LogP contribution in [0.1, 0.15) is 40.0 Å². The average molecular weight is 158 g/mol. The van der Waals surface area contributed by atoms with Crippen molar-refractivity contribution in [3.63, 3.8) is 0 Å². The lowest BCUT2D eigenvalue weighted by Crippen LogP contribution is -2.26. The van der Waals surface area contributed by atoms with Crippen LogP contribution in [0.15, 0.2) is 0 Å². The summed E-state index contributed by atoms with van der Waals surface area (Å²) in [5.41, 5.74) is 0. The quantitative estimate of drug-likeness (QED) is 0.662. The molecule has 2 nitrogen and oxygen atoms in total. The molecular weight excluding hydrogens is 140 g/mol. The van der Waals surface area contributed by atoms with E-state index in [-0.39, 0.29) is 11.7 Å². The van der Waals surface area contributed by atoms with Crippen LogP contribution in [0.2, 0.25) is 0 Å². The van der Waals surface area contributed by atoms with Crippen molar-refractivity contribution in [2.75, 3.05) is 0 Å². The molecule has 0 spiro atoms. The molecule has 0 bridgehead atoms. The summed E-state index contributed by atoms with van der Waals surface area (Å²) >= 11 is 0. The number of carbonyl (C=O) groups is 1. The number of aliphatic hydroxyl groups is 1. The fraction of sp³-hybridized carbons (Fsp3) is 0.889. The van der Waals surface area contributed by atoms with Gasteiger partial charge >= 0.3 is 0 Å². The minimum atomic E-state index is -0.438. The predicted molar refractivity (Wildman–Crippen MR) is 45.4 cm³/mol. The van der Waals surface area contributed by atoms with Crippen molar-refractivity contribution in [1.29, 1.82) is 0 Å². The van der Waals surface area contributed by atoms with Crippen LogP contribution in [-0.4, -0.2) is 17.0 Å². The first kappa shape index (κ1) is 10.6. The van der Waals surface area contributed by atoms with Gasteiger partial charge in [-0.15, -0.1) is 0 Å². The Morgan fingerprint density at radius 1 is 1.27 bits per heavy atom. The molecule has 0 aromatic heterocycles. The Balaban J connectivity index is 4.03. The zero-order valence-corrected chi connectivity index (χ0v) is 7.63. The molecule has 66 valence electrons. The minimum absolute atomic E-state index is 0.134. The molecule has 0 aliphatic rings. The smallest absolute Gasteiger partial charge is 0.138 e. The highest BCUT2D eigenvalue weighted by Crippen LogP contribution is 2.14. The highest BCUT2D eigenvalue weighted by atomic mass is 16.3. The molecule has 0 amide bonds. The Hall–Kier alpha value is -0.370. The van der Waals surface area contributed by atoms with Gasteiger partial charge in [0.05, 0.1) is 6.10 Å². The van der Waals surface area contributed by atoms with Gasteiger partial charge in [-0.25, -0.2) is 0 Å². The molecule has 0 fully saturated rings. The molecule has 0 heterocycles. The van der Waals surface area contributed by atoms with E-state index in [4.69, 9.17) is 0 Å². The third-order valence-electron chi connectivity index (χ3n) is 2.08. The van der Waals surface area contributed by atoms with Crippen molar-refractivity contribution >= 4 is 5.78 Å². The van der Waals surface area contributed by atoms with Crippen LogP contribution in [0.3, 0.4) is 0 Å². The van der Waals surface area contributed by atoms with Crippen molar-refractivity contribution in [2.45, 2.75) is 46.1 Å². The average Bonchev–Trinajstić information content (AvgIpc) is 2.05. The summed E-state index contributed by atoms with van der Waals surface area (Å²) in [6, 6.07) is 0. The maximum absolute atomic E-state index is 11.2. The summed E-state index contributed by atoms with van der Waals surface area (Å²) < 4.78 is 0. The molecule has 2 atom stereocenters. The third kappa shape index (κ3) is 3.02. The fourth-order valence-electron chi connectivity index (χ4n) is 1.26. The summed E-state index contributed by atoms with van der Waals surface area (Å²) in [5, 5.41) is 9.40. The Kier molecular flexibility index (Phi) is 5.12. The number of rotatable bonds is 5. The molecular formula is C9H18O2. The fourth-order valence-corrected chi connectivity index (χ4v) is 1.26. The van der Waals surface area contributed by atoms with Crippen molar-refractivity contribution in [3.8, 4) is 0 Å². The summed E-state index contributed by atoms with van der Waals surface area (Å²) in [6.07, 6.45) is 1.52. The topological polar surface area (TPSA) is 37.3 Å². The van der Waals surface area contributed by atoms with Gasteiger partial charge in [-0.1, -0.05) is 20.8 Å². The first-order valence-corrected chi connectivity index (χ1v) is 4.38. The minimum Gasteiger partial charge on any atom is -0.392 e. The van der Waals surface area contributed by atoms with Gasteiger partial charge in [0.15, 0.2) is 0 Å². The standard InChI is InChI=1S/C9H18O2/c1-4-7(8(10)5-2)9(11)6-3/h7-8,10H,4-6H2,1-3H3. The number of ketones is 1. The molecule has 0 rings (SSSR count). The number of hydrogen-bond donors (Lipinski definition) is 1. The lowest BCUT2D eigenvalue weighted by Gasteiger charge is -2.17. The molecule has 11 heavy (non-hydrogen) atoms. The Labute approximate surface area is 68.6 Å². The first-order chi connectivity index (χ1) is 5.17. The van der Waals surface area contributed by atoms with Crippen molar-refractivity contribution < 1.29 is 9.90 Å². The molecule has 0 aliphatic heterocycles.